The largest absolute Gasteiger partial charge is 0.495 e. The monoisotopic (exact) mass is 355 g/mol. The van der Waals surface area contributed by atoms with Crippen molar-refractivity contribution >= 4 is 17.6 Å². The van der Waals surface area contributed by atoms with E-state index in [2.05, 4.69) is 26.1 Å². The van der Waals surface area contributed by atoms with Crippen LogP contribution >= 0.6 is 0 Å². The van der Waals surface area contributed by atoms with Crippen LogP contribution in [0.1, 0.15) is 43.6 Å². The Morgan fingerprint density at radius 3 is 2.19 bits per heavy atom. The van der Waals surface area contributed by atoms with E-state index in [1.807, 2.05) is 12.1 Å². The molecule has 2 aromatic carbocycles. The van der Waals surface area contributed by atoms with Gasteiger partial charge in [-0.05, 0) is 42.2 Å². The topological polar surface area (TPSA) is 64.6 Å². The Morgan fingerprint density at radius 2 is 1.62 bits per heavy atom. The molecule has 0 saturated carbocycles. The molecule has 0 radical (unpaired) electrons. The number of amides is 1. The zero-order valence-electron chi connectivity index (χ0n) is 15.8. The molecular weight excluding hydrogens is 330 g/mol. The van der Waals surface area contributed by atoms with Crippen LogP contribution in [0.15, 0.2) is 48.5 Å². The molecule has 0 bridgehead atoms. The van der Waals surface area contributed by atoms with Gasteiger partial charge in [0.25, 0.3) is 5.91 Å². The first-order valence-corrected chi connectivity index (χ1v) is 8.48. The Balaban J connectivity index is 2.01. The molecular formula is C21H25NO4. The fourth-order valence-electron chi connectivity index (χ4n) is 2.37. The van der Waals surface area contributed by atoms with E-state index in [-0.39, 0.29) is 5.41 Å². The molecule has 0 unspecified atom stereocenters. The van der Waals surface area contributed by atoms with Gasteiger partial charge in [0.1, 0.15) is 5.75 Å². The first-order chi connectivity index (χ1) is 12.2. The molecule has 138 valence electrons. The predicted molar refractivity (Wildman–Crippen MR) is 102 cm³/mol. The second-order valence-electron chi connectivity index (χ2n) is 7.06. The van der Waals surface area contributed by atoms with Crippen LogP contribution < -0.4 is 10.1 Å². The third-order valence-electron chi connectivity index (χ3n) is 4.00. The minimum Gasteiger partial charge on any atom is -0.495 e. The van der Waals surface area contributed by atoms with Crippen LogP contribution in [0, 0.1) is 0 Å². The minimum absolute atomic E-state index is 0.00432. The summed E-state index contributed by atoms with van der Waals surface area (Å²) in [5.74, 6) is -0.417. The Bertz CT molecular complexity index is 775. The summed E-state index contributed by atoms with van der Waals surface area (Å²) in [6, 6.07) is 14.3. The lowest BCUT2D eigenvalue weighted by Crippen LogP contribution is -2.30. The number of ether oxygens (including phenoxy) is 2. The summed E-state index contributed by atoms with van der Waals surface area (Å²) in [6.07, 6.45) is -0.935. The lowest BCUT2D eigenvalue weighted by atomic mass is 9.87. The molecule has 0 aliphatic carbocycles. The van der Waals surface area contributed by atoms with Crippen molar-refractivity contribution in [2.75, 3.05) is 12.4 Å². The highest BCUT2D eigenvalue weighted by Gasteiger charge is 2.21. The van der Waals surface area contributed by atoms with E-state index in [0.29, 0.717) is 17.0 Å². The van der Waals surface area contributed by atoms with Gasteiger partial charge < -0.3 is 14.8 Å². The molecule has 0 heterocycles. The summed E-state index contributed by atoms with van der Waals surface area (Å²) in [5, 5.41) is 2.71. The van der Waals surface area contributed by atoms with Crippen molar-refractivity contribution in [1.82, 2.24) is 0 Å². The van der Waals surface area contributed by atoms with Gasteiger partial charge in [-0.25, -0.2) is 4.79 Å². The van der Waals surface area contributed by atoms with E-state index in [0.717, 1.165) is 5.56 Å². The summed E-state index contributed by atoms with van der Waals surface area (Å²) in [5.41, 5.74) is 2.06. The zero-order valence-corrected chi connectivity index (χ0v) is 15.8. The smallest absolute Gasteiger partial charge is 0.338 e. The third-order valence-corrected chi connectivity index (χ3v) is 4.00. The number of benzene rings is 2. The average molecular weight is 355 g/mol. The van der Waals surface area contributed by atoms with Gasteiger partial charge in [-0.15, -0.1) is 0 Å². The van der Waals surface area contributed by atoms with Crippen LogP contribution in [0.25, 0.3) is 0 Å². The molecule has 0 fully saturated rings. The maximum Gasteiger partial charge on any atom is 0.338 e. The first-order valence-electron chi connectivity index (χ1n) is 8.48. The Hall–Kier alpha value is -2.82. The molecule has 1 N–H and O–H groups in total. The molecule has 1 atom stereocenters. The van der Waals surface area contributed by atoms with Crippen molar-refractivity contribution in [3.63, 3.8) is 0 Å². The molecule has 1 amide bonds. The zero-order chi connectivity index (χ0) is 19.3. The van der Waals surface area contributed by atoms with Gasteiger partial charge in [0.05, 0.1) is 18.4 Å². The third kappa shape index (κ3) is 4.85. The normalized spacial score (nSPS) is 12.2. The summed E-state index contributed by atoms with van der Waals surface area (Å²) < 4.78 is 10.5. The van der Waals surface area contributed by atoms with Gasteiger partial charge in [0.2, 0.25) is 0 Å². The molecule has 2 aromatic rings. The number of anilines is 1. The quantitative estimate of drug-likeness (QED) is 0.817. The number of carbonyl (C=O) groups excluding carboxylic acids is 2. The number of carbonyl (C=O) groups is 2. The van der Waals surface area contributed by atoms with Crippen molar-refractivity contribution in [1.29, 1.82) is 0 Å². The van der Waals surface area contributed by atoms with E-state index in [1.165, 1.54) is 14.0 Å². The molecule has 0 aliphatic heterocycles. The van der Waals surface area contributed by atoms with Crippen LogP contribution in [0.3, 0.4) is 0 Å². The Kier molecular flexibility index (Phi) is 6.03. The van der Waals surface area contributed by atoms with Crippen molar-refractivity contribution in [3.05, 3.63) is 59.7 Å². The van der Waals surface area contributed by atoms with Crippen LogP contribution in [-0.2, 0) is 14.9 Å². The number of esters is 1. The fourth-order valence-corrected chi connectivity index (χ4v) is 2.37. The lowest BCUT2D eigenvalue weighted by Gasteiger charge is -2.19. The second kappa shape index (κ2) is 8.04. The van der Waals surface area contributed by atoms with E-state index in [9.17, 15) is 9.59 Å². The van der Waals surface area contributed by atoms with Gasteiger partial charge in [-0.1, -0.05) is 45.0 Å². The average Bonchev–Trinajstić information content (AvgIpc) is 2.61. The Labute approximate surface area is 154 Å². The highest BCUT2D eigenvalue weighted by atomic mass is 16.5. The van der Waals surface area contributed by atoms with Crippen molar-refractivity contribution in [2.45, 2.75) is 39.2 Å². The van der Waals surface area contributed by atoms with Crippen LogP contribution in [0.5, 0.6) is 5.75 Å². The number of methoxy groups -OCH3 is 1. The number of para-hydroxylation sites is 2. The summed E-state index contributed by atoms with van der Waals surface area (Å²) in [4.78, 5) is 24.6. The lowest BCUT2D eigenvalue weighted by molar-refractivity contribution is -0.123. The molecule has 0 saturated heterocycles. The molecule has 2 rings (SSSR count). The summed E-state index contributed by atoms with van der Waals surface area (Å²) in [7, 11) is 1.52. The number of rotatable bonds is 5. The fraction of sp³-hybridized carbons (Fsp3) is 0.333. The summed E-state index contributed by atoms with van der Waals surface area (Å²) in [6.45, 7) is 7.84. The van der Waals surface area contributed by atoms with Gasteiger partial charge in [0.15, 0.2) is 6.10 Å². The Morgan fingerprint density at radius 1 is 1.00 bits per heavy atom. The molecule has 5 nitrogen and oxygen atoms in total. The summed E-state index contributed by atoms with van der Waals surface area (Å²) >= 11 is 0. The van der Waals surface area contributed by atoms with Crippen LogP contribution in [-0.4, -0.2) is 25.1 Å². The SMILES string of the molecule is COc1ccccc1NC(=O)[C@H](C)OC(=O)c1ccc(C(C)(C)C)cc1. The molecule has 0 aromatic heterocycles. The van der Waals surface area contributed by atoms with Gasteiger partial charge in [0, 0.05) is 0 Å². The molecule has 0 aliphatic rings. The highest BCUT2D eigenvalue weighted by Crippen LogP contribution is 2.24. The standard InChI is InChI=1S/C21H25NO4/c1-14(19(23)22-17-8-6-7-9-18(17)25-5)26-20(24)15-10-12-16(13-11-15)21(2,3)4/h6-14H,1-5H3,(H,22,23)/t14-/m0/s1. The van der Waals surface area contributed by atoms with E-state index in [4.69, 9.17) is 9.47 Å². The first kappa shape index (κ1) is 19.5. The van der Waals surface area contributed by atoms with Crippen molar-refractivity contribution in [3.8, 4) is 5.75 Å². The van der Waals surface area contributed by atoms with Gasteiger partial charge in [-0.2, -0.15) is 0 Å². The van der Waals surface area contributed by atoms with Gasteiger partial charge in [-0.3, -0.25) is 4.79 Å². The molecule has 5 heteroatoms. The number of hydrogen-bond acceptors (Lipinski definition) is 4. The van der Waals surface area contributed by atoms with E-state index < -0.39 is 18.0 Å². The van der Waals surface area contributed by atoms with Crippen molar-refractivity contribution < 1.29 is 19.1 Å². The number of hydrogen-bond donors (Lipinski definition) is 1. The van der Waals surface area contributed by atoms with Gasteiger partial charge >= 0.3 is 5.97 Å². The molecule has 0 spiro atoms. The van der Waals surface area contributed by atoms with E-state index in [1.54, 1.807) is 36.4 Å². The maximum absolute atomic E-state index is 12.3. The second-order valence-corrected chi connectivity index (χ2v) is 7.06. The predicted octanol–water partition coefficient (Wildman–Crippen LogP) is 4.18. The highest BCUT2D eigenvalue weighted by molar-refractivity contribution is 5.98. The van der Waals surface area contributed by atoms with Crippen LogP contribution in [0.2, 0.25) is 0 Å². The molecule has 26 heavy (non-hydrogen) atoms. The van der Waals surface area contributed by atoms with Crippen molar-refractivity contribution in [2.24, 2.45) is 0 Å². The van der Waals surface area contributed by atoms with E-state index >= 15 is 0 Å². The number of nitrogens with one attached hydrogen (secondary N) is 1. The minimum atomic E-state index is -0.935. The van der Waals surface area contributed by atoms with Crippen LogP contribution in [0.4, 0.5) is 5.69 Å². The maximum atomic E-state index is 12.3.